The lowest BCUT2D eigenvalue weighted by Crippen LogP contribution is -2.61. The topological polar surface area (TPSA) is 19.6 Å². The number of anilines is 6. The van der Waals surface area contributed by atoms with E-state index >= 15 is 0 Å². The quantitative estimate of drug-likeness (QED) is 0.165. The predicted molar refractivity (Wildman–Crippen MR) is 309 cm³/mol. The fourth-order valence-corrected chi connectivity index (χ4v) is 11.9. The normalized spacial score (nSPS) is 16.5. The number of rotatable bonds is 3. The highest BCUT2D eigenvalue weighted by Gasteiger charge is 2.48. The van der Waals surface area contributed by atoms with Gasteiger partial charge in [-0.15, -0.1) is 0 Å². The lowest BCUT2D eigenvalue weighted by molar-refractivity contribution is 0.332. The van der Waals surface area contributed by atoms with E-state index < -0.39 is 0 Å². The molecule has 4 heteroatoms. The maximum Gasteiger partial charge on any atom is 0.297 e. The fraction of sp³-hybridized carbons (Fsp3) is 0.433. The fourth-order valence-electron chi connectivity index (χ4n) is 11.9. The zero-order chi connectivity index (χ0) is 51.5. The molecule has 0 radical (unpaired) electrons. The third-order valence-corrected chi connectivity index (χ3v) is 16.7. The minimum atomic E-state index is -0.145. The molecule has 0 atom stereocenters. The van der Waals surface area contributed by atoms with Crippen LogP contribution in [0.5, 0.6) is 0 Å². The number of fused-ring (bicyclic) bond motifs is 7. The van der Waals surface area contributed by atoms with Crippen molar-refractivity contribution < 1.29 is 4.42 Å². The number of hydrogen-bond acceptors (Lipinski definition) is 3. The molecule has 0 amide bonds. The van der Waals surface area contributed by atoms with Crippen molar-refractivity contribution in [2.75, 3.05) is 9.80 Å². The zero-order valence-electron chi connectivity index (χ0n) is 47.1. The number of benzene rings is 6. The molecule has 0 saturated carbocycles. The van der Waals surface area contributed by atoms with Gasteiger partial charge in [0.2, 0.25) is 0 Å². The molecule has 10 rings (SSSR count). The Hall–Kier alpha value is -5.48. The molecular formula is C67H81BN2O. The monoisotopic (exact) mass is 941 g/mol. The van der Waals surface area contributed by atoms with Crippen molar-refractivity contribution in [3.8, 4) is 11.1 Å². The summed E-state index contributed by atoms with van der Waals surface area (Å²) in [6.45, 7) is 47.1. The molecule has 0 bridgehead atoms. The summed E-state index contributed by atoms with van der Waals surface area (Å²) < 4.78 is 7.48. The number of hydrogen-bond donors (Lipinski definition) is 0. The van der Waals surface area contributed by atoms with E-state index in [0.29, 0.717) is 0 Å². The maximum absolute atomic E-state index is 7.48. The van der Waals surface area contributed by atoms with E-state index in [1.807, 2.05) is 0 Å². The van der Waals surface area contributed by atoms with Gasteiger partial charge in [0.25, 0.3) is 6.71 Å². The molecular weight excluding hydrogens is 860 g/mol. The molecule has 7 aromatic rings. The van der Waals surface area contributed by atoms with E-state index in [1.165, 1.54) is 107 Å². The summed E-state index contributed by atoms with van der Waals surface area (Å²) in [5.74, 6) is 0. The van der Waals surface area contributed by atoms with E-state index in [2.05, 4.69) is 251 Å². The van der Waals surface area contributed by atoms with Crippen molar-refractivity contribution in [1.82, 2.24) is 0 Å². The van der Waals surface area contributed by atoms with Crippen LogP contribution in [0.15, 0.2) is 108 Å². The molecule has 6 aromatic carbocycles. The summed E-state index contributed by atoms with van der Waals surface area (Å²) in [7, 11) is 0. The van der Waals surface area contributed by atoms with Crippen LogP contribution in [-0.4, -0.2) is 6.71 Å². The van der Waals surface area contributed by atoms with Crippen LogP contribution < -0.4 is 26.4 Å². The van der Waals surface area contributed by atoms with Gasteiger partial charge in [-0.3, -0.25) is 0 Å². The molecule has 0 spiro atoms. The zero-order valence-corrected chi connectivity index (χ0v) is 47.1. The van der Waals surface area contributed by atoms with Crippen molar-refractivity contribution in [2.24, 2.45) is 0 Å². The van der Waals surface area contributed by atoms with Crippen LogP contribution in [0.4, 0.5) is 34.1 Å². The molecule has 3 nitrogen and oxygen atoms in total. The molecule has 1 aromatic heterocycles. The summed E-state index contributed by atoms with van der Waals surface area (Å²) in [5, 5.41) is 1.17. The summed E-state index contributed by atoms with van der Waals surface area (Å²) in [6.07, 6.45) is 2.33. The molecule has 0 N–H and O–H groups in total. The van der Waals surface area contributed by atoms with Crippen LogP contribution >= 0.6 is 0 Å². The molecule has 0 unspecified atom stereocenters. The standard InChI is InChI=1S/C67H81BN2O/c1-40-31-55-58-56(32-40)70(53-26-21-42(61(2,3)4)36-48(53)41-33-45(64(11,12)13)35-46(34-41)65(14,15)16)54-27-22-44(63(8,9)10)38-52(54)68(58)60-59(49-37-43(62(5,6)7)23-28-57(49)71-60)69(55)47-24-25-50-51(39-47)67(19,20)30-29-66(50,17)18/h21-28,31-39H,29-30H2,1-20H3. The lowest BCUT2D eigenvalue weighted by atomic mass is 9.35. The van der Waals surface area contributed by atoms with Crippen LogP contribution in [0.1, 0.15) is 189 Å². The first kappa shape index (κ1) is 49.1. The van der Waals surface area contributed by atoms with Gasteiger partial charge in [-0.25, -0.2) is 0 Å². The Balaban J connectivity index is 1.34. The number of nitrogens with zero attached hydrogens (tertiary/aromatic N) is 2. The van der Waals surface area contributed by atoms with Crippen LogP contribution in [0.3, 0.4) is 0 Å². The van der Waals surface area contributed by atoms with Gasteiger partial charge in [0.05, 0.1) is 17.0 Å². The van der Waals surface area contributed by atoms with E-state index in [4.69, 9.17) is 4.42 Å². The van der Waals surface area contributed by atoms with Gasteiger partial charge in [0.1, 0.15) is 5.58 Å². The minimum absolute atomic E-state index is 0.0369. The van der Waals surface area contributed by atoms with Crippen LogP contribution in [0.2, 0.25) is 0 Å². The van der Waals surface area contributed by atoms with E-state index in [-0.39, 0.29) is 44.6 Å². The van der Waals surface area contributed by atoms with E-state index in [9.17, 15) is 0 Å². The summed E-state index contributed by atoms with van der Waals surface area (Å²) >= 11 is 0. The molecule has 0 saturated heterocycles. The predicted octanol–water partition coefficient (Wildman–Crippen LogP) is 17.3. The Morgan fingerprint density at radius 1 is 0.465 bits per heavy atom. The van der Waals surface area contributed by atoms with Crippen molar-refractivity contribution in [1.29, 1.82) is 0 Å². The average Bonchev–Trinajstić information content (AvgIpc) is 3.64. The van der Waals surface area contributed by atoms with Gasteiger partial charge in [0, 0.05) is 33.7 Å². The van der Waals surface area contributed by atoms with Gasteiger partial charge >= 0.3 is 0 Å². The largest absolute Gasteiger partial charge is 0.468 e. The Bertz CT molecular complexity index is 3270. The first-order valence-electron chi connectivity index (χ1n) is 26.7. The van der Waals surface area contributed by atoms with Crippen LogP contribution in [-0.2, 0) is 37.9 Å². The molecule has 0 fully saturated rings. The highest BCUT2D eigenvalue weighted by Crippen LogP contribution is 2.53. The first-order valence-corrected chi connectivity index (χ1v) is 26.7. The van der Waals surface area contributed by atoms with Crippen molar-refractivity contribution >= 4 is 68.4 Å². The van der Waals surface area contributed by atoms with Crippen molar-refractivity contribution in [3.63, 3.8) is 0 Å². The minimum Gasteiger partial charge on any atom is -0.468 e. The highest BCUT2D eigenvalue weighted by atomic mass is 16.3. The summed E-state index contributed by atoms with van der Waals surface area (Å²) in [6, 6.07) is 41.4. The second-order valence-corrected chi connectivity index (χ2v) is 28.4. The molecule has 2 aliphatic heterocycles. The molecule has 3 aliphatic rings. The second kappa shape index (κ2) is 15.8. The Kier molecular flexibility index (Phi) is 10.9. The SMILES string of the molecule is Cc1cc2c3c(c1)N(c1ccc4c(c1)C(C)(C)CCC4(C)C)c1c(oc4ccc(C(C)(C)C)cc14)B3c1cc(C(C)(C)C)ccc1N2c1ccc(C(C)(C)C)cc1-c1cc(C(C)(C)C)cc(C(C)(C)C)c1. The third-order valence-electron chi connectivity index (χ3n) is 16.7. The Morgan fingerprint density at radius 3 is 1.55 bits per heavy atom. The first-order chi connectivity index (χ1) is 32.7. The average molecular weight is 941 g/mol. The molecule has 3 heterocycles. The van der Waals surface area contributed by atoms with Crippen molar-refractivity contribution in [3.05, 3.63) is 148 Å². The molecule has 368 valence electrons. The molecule has 71 heavy (non-hydrogen) atoms. The molecule has 1 aliphatic carbocycles. The maximum atomic E-state index is 7.48. The van der Waals surface area contributed by atoms with Crippen LogP contribution in [0.25, 0.3) is 22.1 Å². The number of furan rings is 1. The van der Waals surface area contributed by atoms with Gasteiger partial charge < -0.3 is 14.2 Å². The lowest BCUT2D eigenvalue weighted by Gasteiger charge is -2.45. The van der Waals surface area contributed by atoms with E-state index in [0.717, 1.165) is 23.4 Å². The van der Waals surface area contributed by atoms with Gasteiger partial charge in [-0.1, -0.05) is 180 Å². The second-order valence-electron chi connectivity index (χ2n) is 28.4. The van der Waals surface area contributed by atoms with E-state index in [1.54, 1.807) is 0 Å². The van der Waals surface area contributed by atoms with Gasteiger partial charge in [-0.05, 0) is 173 Å². The Morgan fingerprint density at radius 2 is 0.972 bits per heavy atom. The van der Waals surface area contributed by atoms with Gasteiger partial charge in [0.15, 0.2) is 0 Å². The highest BCUT2D eigenvalue weighted by molar-refractivity contribution is 7.00. The third kappa shape index (κ3) is 8.19. The van der Waals surface area contributed by atoms with Gasteiger partial charge in [-0.2, -0.15) is 0 Å². The summed E-state index contributed by atoms with van der Waals surface area (Å²) in [4.78, 5) is 5.24. The van der Waals surface area contributed by atoms with Crippen LogP contribution in [0, 0.1) is 6.92 Å². The van der Waals surface area contributed by atoms with Crippen molar-refractivity contribution in [2.45, 2.75) is 189 Å². The Labute approximate surface area is 428 Å². The number of aryl methyl sites for hydroxylation is 1. The smallest absolute Gasteiger partial charge is 0.297 e. The summed E-state index contributed by atoms with van der Waals surface area (Å²) in [5.41, 5.74) is 24.9.